The lowest BCUT2D eigenvalue weighted by Gasteiger charge is -2.40. The van der Waals surface area contributed by atoms with Gasteiger partial charge in [0.2, 0.25) is 10.0 Å². The summed E-state index contributed by atoms with van der Waals surface area (Å²) in [4.78, 5) is 0.0344. The van der Waals surface area contributed by atoms with Gasteiger partial charge < -0.3 is 9.52 Å². The Kier molecular flexibility index (Phi) is 4.67. The lowest BCUT2D eigenvalue weighted by Crippen LogP contribution is -2.45. The van der Waals surface area contributed by atoms with Gasteiger partial charge in [-0.2, -0.15) is 11.8 Å². The van der Waals surface area contributed by atoms with Crippen molar-refractivity contribution in [2.24, 2.45) is 0 Å². The van der Waals surface area contributed by atoms with Crippen molar-refractivity contribution in [1.82, 2.24) is 4.72 Å². The van der Waals surface area contributed by atoms with Gasteiger partial charge in [0.15, 0.2) is 4.67 Å². The van der Waals surface area contributed by atoms with Crippen molar-refractivity contribution in [1.29, 1.82) is 0 Å². The van der Waals surface area contributed by atoms with Crippen molar-refractivity contribution in [3.63, 3.8) is 0 Å². The summed E-state index contributed by atoms with van der Waals surface area (Å²) in [6, 6.07) is 1.33. The molecule has 2 N–H and O–H groups in total. The Hall–Kier alpha value is -0.0200. The van der Waals surface area contributed by atoms with Crippen LogP contribution in [0.15, 0.2) is 20.0 Å². The van der Waals surface area contributed by atoms with Gasteiger partial charge in [0.1, 0.15) is 17.3 Å². The highest BCUT2D eigenvalue weighted by Gasteiger charge is 2.37. The van der Waals surface area contributed by atoms with Gasteiger partial charge in [-0.15, -0.1) is 0 Å². The summed E-state index contributed by atoms with van der Waals surface area (Å²) < 4.78 is 32.3. The zero-order valence-corrected chi connectivity index (χ0v) is 13.7. The standard InChI is InChI=1S/C11H16BrNO4S2/c1-18-11(3-2-4-11)7-13-19(15,16)9-5-8(6-14)17-10(9)12/h5,13-14H,2-4,6-7H2,1H3. The lowest BCUT2D eigenvalue weighted by atomic mass is 9.84. The van der Waals surface area contributed by atoms with E-state index < -0.39 is 10.0 Å². The first-order chi connectivity index (χ1) is 8.92. The van der Waals surface area contributed by atoms with E-state index in [0.717, 1.165) is 19.3 Å². The molecule has 108 valence electrons. The van der Waals surface area contributed by atoms with Crippen LogP contribution in [-0.2, 0) is 16.6 Å². The van der Waals surface area contributed by atoms with E-state index in [0.29, 0.717) is 6.54 Å². The molecule has 2 rings (SSSR count). The highest BCUT2D eigenvalue weighted by molar-refractivity contribution is 9.10. The average Bonchev–Trinajstić information content (AvgIpc) is 2.70. The van der Waals surface area contributed by atoms with Crippen LogP contribution in [0.1, 0.15) is 25.0 Å². The van der Waals surface area contributed by atoms with E-state index >= 15 is 0 Å². The minimum absolute atomic E-state index is 0.0308. The molecular weight excluding hydrogens is 354 g/mol. The topological polar surface area (TPSA) is 79.5 Å². The highest BCUT2D eigenvalue weighted by atomic mass is 79.9. The van der Waals surface area contributed by atoms with E-state index in [2.05, 4.69) is 20.7 Å². The van der Waals surface area contributed by atoms with Crippen LogP contribution in [0.4, 0.5) is 0 Å². The molecule has 8 heteroatoms. The maximum absolute atomic E-state index is 12.2. The van der Waals surface area contributed by atoms with Crippen LogP contribution >= 0.6 is 27.7 Å². The van der Waals surface area contributed by atoms with Gasteiger partial charge in [0, 0.05) is 17.4 Å². The largest absolute Gasteiger partial charge is 0.450 e. The first-order valence-electron chi connectivity index (χ1n) is 5.86. The van der Waals surface area contributed by atoms with Crippen molar-refractivity contribution in [3.05, 3.63) is 16.5 Å². The number of hydrogen-bond acceptors (Lipinski definition) is 5. The zero-order chi connectivity index (χ0) is 14.1. The molecule has 0 bridgehead atoms. The van der Waals surface area contributed by atoms with Crippen molar-refractivity contribution in [3.8, 4) is 0 Å². The predicted octanol–water partition coefficient (Wildman–Crippen LogP) is 2.10. The summed E-state index contributed by atoms with van der Waals surface area (Å²) in [7, 11) is -3.61. The number of nitrogens with one attached hydrogen (secondary N) is 1. The number of halogens is 1. The fourth-order valence-corrected chi connectivity index (χ4v) is 5.12. The normalized spacial score (nSPS) is 18.3. The third kappa shape index (κ3) is 3.18. The van der Waals surface area contributed by atoms with Crippen molar-refractivity contribution in [2.45, 2.75) is 35.5 Å². The van der Waals surface area contributed by atoms with Crippen LogP contribution in [0.3, 0.4) is 0 Å². The van der Waals surface area contributed by atoms with E-state index in [4.69, 9.17) is 9.52 Å². The molecule has 1 aliphatic rings. The molecule has 0 aliphatic heterocycles. The molecule has 1 saturated carbocycles. The van der Waals surface area contributed by atoms with Crippen LogP contribution in [-0.4, -0.2) is 31.1 Å². The number of sulfonamides is 1. The number of aliphatic hydroxyl groups is 1. The first kappa shape index (κ1) is 15.4. The van der Waals surface area contributed by atoms with Crippen LogP contribution in [0.2, 0.25) is 0 Å². The Morgan fingerprint density at radius 3 is 2.68 bits per heavy atom. The summed E-state index contributed by atoms with van der Waals surface area (Å²) in [5.41, 5.74) is 0. The number of hydrogen-bond donors (Lipinski definition) is 2. The Morgan fingerprint density at radius 1 is 1.58 bits per heavy atom. The summed E-state index contributed by atoms with van der Waals surface area (Å²) in [5.74, 6) is 0.218. The van der Waals surface area contributed by atoms with Gasteiger partial charge in [-0.3, -0.25) is 0 Å². The van der Waals surface area contributed by atoms with Crippen LogP contribution in [0, 0.1) is 0 Å². The average molecular weight is 370 g/mol. The van der Waals surface area contributed by atoms with Gasteiger partial charge in [-0.25, -0.2) is 13.1 Å². The second-order valence-corrected chi connectivity index (χ2v) is 8.30. The number of aliphatic hydroxyl groups excluding tert-OH is 1. The molecule has 1 aromatic heterocycles. The minimum atomic E-state index is -3.61. The Bertz CT molecular complexity index is 546. The van der Waals surface area contributed by atoms with Crippen LogP contribution in [0.25, 0.3) is 0 Å². The molecular formula is C11H16BrNO4S2. The van der Waals surface area contributed by atoms with Gasteiger partial charge in [0.05, 0.1) is 0 Å². The van der Waals surface area contributed by atoms with Crippen molar-refractivity contribution < 1.29 is 17.9 Å². The maximum Gasteiger partial charge on any atom is 0.245 e. The second-order valence-electron chi connectivity index (χ2n) is 4.57. The Balaban J connectivity index is 2.11. The second kappa shape index (κ2) is 5.77. The molecule has 0 spiro atoms. The molecule has 0 unspecified atom stereocenters. The van der Waals surface area contributed by atoms with Crippen molar-refractivity contribution in [2.75, 3.05) is 12.8 Å². The third-order valence-electron chi connectivity index (χ3n) is 3.43. The van der Waals surface area contributed by atoms with Gasteiger partial charge >= 0.3 is 0 Å². The third-order valence-corrected chi connectivity index (χ3v) is 7.11. The predicted molar refractivity (Wildman–Crippen MR) is 77.6 cm³/mol. The molecule has 0 saturated heterocycles. The molecule has 0 radical (unpaired) electrons. The van der Waals surface area contributed by atoms with Gasteiger partial charge in [-0.05, 0) is 35.0 Å². The lowest BCUT2D eigenvalue weighted by molar-refractivity contribution is 0.245. The Morgan fingerprint density at radius 2 is 2.26 bits per heavy atom. The molecule has 0 amide bonds. The minimum Gasteiger partial charge on any atom is -0.450 e. The number of rotatable bonds is 6. The fraction of sp³-hybridized carbons (Fsp3) is 0.636. The summed E-state index contributed by atoms with van der Waals surface area (Å²) in [6.45, 7) is 0.0887. The van der Waals surface area contributed by atoms with E-state index in [1.807, 2.05) is 6.26 Å². The molecule has 1 aliphatic carbocycles. The van der Waals surface area contributed by atoms with Gasteiger partial charge in [-0.1, -0.05) is 6.42 Å². The van der Waals surface area contributed by atoms with Crippen LogP contribution in [0.5, 0.6) is 0 Å². The maximum atomic E-state index is 12.2. The van der Waals surface area contributed by atoms with Crippen LogP contribution < -0.4 is 4.72 Å². The summed E-state index contributed by atoms with van der Waals surface area (Å²) >= 11 is 4.77. The zero-order valence-electron chi connectivity index (χ0n) is 10.5. The molecule has 1 fully saturated rings. The van der Waals surface area contributed by atoms with E-state index in [-0.39, 0.29) is 26.7 Å². The fourth-order valence-electron chi connectivity index (χ4n) is 1.99. The monoisotopic (exact) mass is 369 g/mol. The molecule has 5 nitrogen and oxygen atoms in total. The quantitative estimate of drug-likeness (QED) is 0.802. The highest BCUT2D eigenvalue weighted by Crippen LogP contribution is 2.42. The molecule has 0 aromatic carbocycles. The van der Waals surface area contributed by atoms with E-state index in [9.17, 15) is 8.42 Å². The van der Waals surface area contributed by atoms with Gasteiger partial charge in [0.25, 0.3) is 0 Å². The van der Waals surface area contributed by atoms with Crippen molar-refractivity contribution >= 4 is 37.7 Å². The molecule has 1 heterocycles. The number of thioether (sulfide) groups is 1. The molecule has 19 heavy (non-hydrogen) atoms. The number of furan rings is 1. The first-order valence-corrected chi connectivity index (χ1v) is 9.36. The summed E-state index contributed by atoms with van der Waals surface area (Å²) in [5, 5.41) is 8.95. The smallest absolute Gasteiger partial charge is 0.245 e. The van der Waals surface area contributed by atoms with E-state index in [1.165, 1.54) is 6.07 Å². The Labute approximate surface area is 125 Å². The van der Waals surface area contributed by atoms with E-state index in [1.54, 1.807) is 11.8 Å². The molecule has 1 aromatic rings. The summed E-state index contributed by atoms with van der Waals surface area (Å²) in [6.07, 6.45) is 5.22. The SMILES string of the molecule is CSC1(CNS(=O)(=O)c2cc(CO)oc2Br)CCC1. The molecule has 0 atom stereocenters.